The van der Waals surface area contributed by atoms with Gasteiger partial charge in [0.15, 0.2) is 11.5 Å². The van der Waals surface area contributed by atoms with Gasteiger partial charge in [-0.3, -0.25) is 4.79 Å². The smallest absolute Gasteiger partial charge is 0.261 e. The van der Waals surface area contributed by atoms with Gasteiger partial charge in [0, 0.05) is 18.4 Å². The second-order valence-corrected chi connectivity index (χ2v) is 6.14. The molecule has 5 heteroatoms. The zero-order valence-electron chi connectivity index (χ0n) is 12.5. The number of rotatable bonds is 5. The van der Waals surface area contributed by atoms with Crippen LogP contribution >= 0.6 is 11.8 Å². The Morgan fingerprint density at radius 3 is 2.30 bits per heavy atom. The summed E-state index contributed by atoms with van der Waals surface area (Å²) in [4.78, 5) is 12.1. The summed E-state index contributed by atoms with van der Waals surface area (Å²) in [6, 6.07) is 0. The van der Waals surface area contributed by atoms with Crippen molar-refractivity contribution in [2.75, 3.05) is 27.6 Å². The first-order valence-corrected chi connectivity index (χ1v) is 8.04. The number of carbonyl (C=O) groups excluding carboxylic acids is 1. The van der Waals surface area contributed by atoms with Crippen LogP contribution < -0.4 is 0 Å². The summed E-state index contributed by atoms with van der Waals surface area (Å²) in [5.74, 6) is 0.912. The molecule has 0 N–H and O–H groups in total. The van der Waals surface area contributed by atoms with Crippen molar-refractivity contribution < 1.29 is 19.0 Å². The summed E-state index contributed by atoms with van der Waals surface area (Å²) in [7, 11) is 4.80. The van der Waals surface area contributed by atoms with Crippen LogP contribution in [-0.2, 0) is 19.0 Å². The zero-order chi connectivity index (χ0) is 14.8. The molecule has 1 fully saturated rings. The molecule has 0 bridgehead atoms. The Morgan fingerprint density at radius 2 is 1.85 bits per heavy atom. The summed E-state index contributed by atoms with van der Waals surface area (Å²) in [5, 5.41) is 0. The molecule has 20 heavy (non-hydrogen) atoms. The van der Waals surface area contributed by atoms with Crippen LogP contribution in [0.4, 0.5) is 0 Å². The third-order valence-electron chi connectivity index (χ3n) is 4.30. The number of methoxy groups -OCH3 is 3. The Morgan fingerprint density at radius 1 is 1.25 bits per heavy atom. The van der Waals surface area contributed by atoms with Gasteiger partial charge in [0.1, 0.15) is 5.44 Å². The first-order chi connectivity index (χ1) is 9.61. The number of thioether (sulfide) groups is 1. The molecule has 0 heterocycles. The Labute approximate surface area is 124 Å². The zero-order valence-corrected chi connectivity index (χ0v) is 13.3. The number of ether oxygens (including phenoxy) is 3. The standard InChI is InChI=1S/C15H22O4S/c1-17-11-8-15(9-12(18-2)13(11)16)7-5-6-10(15)14(19-3)20-4/h8-10,14H,5-7H2,1-4H3. The van der Waals surface area contributed by atoms with Crippen LogP contribution in [0.3, 0.4) is 0 Å². The maximum absolute atomic E-state index is 12.1. The molecule has 2 rings (SSSR count). The lowest BCUT2D eigenvalue weighted by atomic mass is 9.74. The van der Waals surface area contributed by atoms with E-state index in [2.05, 4.69) is 6.26 Å². The molecule has 0 aromatic rings. The molecule has 2 atom stereocenters. The predicted molar refractivity (Wildman–Crippen MR) is 79.3 cm³/mol. The van der Waals surface area contributed by atoms with E-state index in [0.717, 1.165) is 19.3 Å². The van der Waals surface area contributed by atoms with E-state index in [4.69, 9.17) is 14.2 Å². The Bertz CT molecular complexity index is 413. The van der Waals surface area contributed by atoms with Crippen LogP contribution in [-0.4, -0.2) is 38.8 Å². The van der Waals surface area contributed by atoms with Gasteiger partial charge in [-0.1, -0.05) is 6.42 Å². The molecule has 4 nitrogen and oxygen atoms in total. The van der Waals surface area contributed by atoms with Crippen LogP contribution in [0, 0.1) is 11.3 Å². The summed E-state index contributed by atoms with van der Waals surface area (Å²) in [6.45, 7) is 0. The lowest BCUT2D eigenvalue weighted by Gasteiger charge is -2.36. The van der Waals surface area contributed by atoms with Gasteiger partial charge in [-0.15, -0.1) is 11.8 Å². The number of Topliss-reactive ketones (excluding diaryl/α,β-unsaturated/α-hetero) is 1. The second kappa shape index (κ2) is 6.22. The van der Waals surface area contributed by atoms with Crippen LogP contribution in [0.2, 0.25) is 0 Å². The van der Waals surface area contributed by atoms with Gasteiger partial charge in [0.25, 0.3) is 5.78 Å². The average Bonchev–Trinajstić information content (AvgIpc) is 2.86. The van der Waals surface area contributed by atoms with E-state index in [1.165, 1.54) is 14.2 Å². The van der Waals surface area contributed by atoms with Crippen LogP contribution in [0.5, 0.6) is 0 Å². The Balaban J connectivity index is 2.43. The molecule has 2 aliphatic carbocycles. The maximum atomic E-state index is 12.1. The van der Waals surface area contributed by atoms with Gasteiger partial charge >= 0.3 is 0 Å². The van der Waals surface area contributed by atoms with Crippen LogP contribution in [0.25, 0.3) is 0 Å². The number of hydrogen-bond donors (Lipinski definition) is 0. The molecule has 2 unspecified atom stereocenters. The molecule has 112 valence electrons. The summed E-state index contributed by atoms with van der Waals surface area (Å²) in [6.07, 6.45) is 9.17. The molecule has 0 amide bonds. The molecule has 0 aromatic heterocycles. The van der Waals surface area contributed by atoms with Gasteiger partial charge in [-0.05, 0) is 31.2 Å². The van der Waals surface area contributed by atoms with E-state index in [9.17, 15) is 4.79 Å². The fraction of sp³-hybridized carbons (Fsp3) is 0.667. The van der Waals surface area contributed by atoms with Crippen LogP contribution in [0.1, 0.15) is 19.3 Å². The van der Waals surface area contributed by atoms with Crippen molar-refractivity contribution in [2.24, 2.45) is 11.3 Å². The fourth-order valence-electron chi connectivity index (χ4n) is 3.34. The van der Waals surface area contributed by atoms with Gasteiger partial charge in [0.2, 0.25) is 0 Å². The number of ketones is 1. The Hall–Kier alpha value is -0.940. The normalized spacial score (nSPS) is 26.2. The van der Waals surface area contributed by atoms with Crippen molar-refractivity contribution in [3.8, 4) is 0 Å². The highest BCUT2D eigenvalue weighted by molar-refractivity contribution is 7.99. The molecule has 1 spiro atoms. The number of allylic oxidation sites excluding steroid dienone is 2. The molecule has 0 aliphatic heterocycles. The highest BCUT2D eigenvalue weighted by Gasteiger charge is 2.47. The summed E-state index contributed by atoms with van der Waals surface area (Å²) >= 11 is 1.71. The maximum Gasteiger partial charge on any atom is 0.261 e. The van der Waals surface area contributed by atoms with E-state index in [-0.39, 0.29) is 16.6 Å². The van der Waals surface area contributed by atoms with E-state index in [0.29, 0.717) is 17.4 Å². The van der Waals surface area contributed by atoms with E-state index >= 15 is 0 Å². The SMILES string of the molecule is COC1=CC2(C=C(OC)C1=O)CCCC2C(OC)SC. The van der Waals surface area contributed by atoms with Crippen molar-refractivity contribution in [2.45, 2.75) is 24.7 Å². The Kier molecular flexibility index (Phi) is 4.81. The fourth-order valence-corrected chi connectivity index (χ4v) is 4.25. The largest absolute Gasteiger partial charge is 0.493 e. The quantitative estimate of drug-likeness (QED) is 0.730. The molecule has 0 radical (unpaired) electrons. The van der Waals surface area contributed by atoms with Crippen molar-refractivity contribution in [3.05, 3.63) is 23.7 Å². The monoisotopic (exact) mass is 298 g/mol. The second-order valence-electron chi connectivity index (χ2n) is 5.21. The van der Waals surface area contributed by atoms with E-state index in [1.807, 2.05) is 12.2 Å². The third kappa shape index (κ3) is 2.49. The predicted octanol–water partition coefficient (Wildman–Crippen LogP) is 2.75. The molecular formula is C15H22O4S. The van der Waals surface area contributed by atoms with Crippen molar-refractivity contribution >= 4 is 17.5 Å². The highest BCUT2D eigenvalue weighted by atomic mass is 32.2. The van der Waals surface area contributed by atoms with Gasteiger partial charge in [-0.2, -0.15) is 0 Å². The lowest BCUT2D eigenvalue weighted by molar-refractivity contribution is -0.118. The summed E-state index contributed by atoms with van der Waals surface area (Å²) in [5.41, 5.74) is -0.0942. The first-order valence-electron chi connectivity index (χ1n) is 6.76. The number of hydrogen-bond acceptors (Lipinski definition) is 5. The minimum atomic E-state index is -0.200. The topological polar surface area (TPSA) is 44.8 Å². The van der Waals surface area contributed by atoms with E-state index in [1.54, 1.807) is 18.9 Å². The van der Waals surface area contributed by atoms with Gasteiger partial charge in [-0.25, -0.2) is 0 Å². The third-order valence-corrected chi connectivity index (χ3v) is 5.28. The molecule has 0 aromatic carbocycles. The van der Waals surface area contributed by atoms with Crippen molar-refractivity contribution in [1.29, 1.82) is 0 Å². The molecule has 1 saturated carbocycles. The molecule has 0 saturated heterocycles. The van der Waals surface area contributed by atoms with Crippen LogP contribution in [0.15, 0.2) is 23.7 Å². The van der Waals surface area contributed by atoms with Crippen molar-refractivity contribution in [1.82, 2.24) is 0 Å². The number of carbonyl (C=O) groups is 1. The lowest BCUT2D eigenvalue weighted by Crippen LogP contribution is -2.34. The van der Waals surface area contributed by atoms with E-state index < -0.39 is 0 Å². The van der Waals surface area contributed by atoms with Gasteiger partial charge < -0.3 is 14.2 Å². The minimum absolute atomic E-state index is 0.106. The average molecular weight is 298 g/mol. The highest BCUT2D eigenvalue weighted by Crippen LogP contribution is 2.52. The van der Waals surface area contributed by atoms with Crippen molar-refractivity contribution in [3.63, 3.8) is 0 Å². The summed E-state index contributed by atoms with van der Waals surface area (Å²) < 4.78 is 16.1. The minimum Gasteiger partial charge on any atom is -0.493 e. The molecular weight excluding hydrogens is 276 g/mol. The van der Waals surface area contributed by atoms with Gasteiger partial charge in [0.05, 0.1) is 14.2 Å². The first kappa shape index (κ1) is 15.4. The molecule has 2 aliphatic rings.